The van der Waals surface area contributed by atoms with Crippen LogP contribution >= 0.6 is 0 Å². The van der Waals surface area contributed by atoms with Gasteiger partial charge in [-0.05, 0) is 50.3 Å². The highest BCUT2D eigenvalue weighted by Gasteiger charge is 2.24. The van der Waals surface area contributed by atoms with Crippen molar-refractivity contribution >= 4 is 11.4 Å². The molecule has 0 spiro atoms. The molecule has 0 bridgehead atoms. The van der Waals surface area contributed by atoms with E-state index in [-0.39, 0.29) is 5.82 Å². The smallest absolute Gasteiger partial charge is 0.128 e. The van der Waals surface area contributed by atoms with Crippen LogP contribution in [0.4, 0.5) is 15.8 Å². The molecule has 0 aromatic heterocycles. The lowest BCUT2D eigenvalue weighted by molar-refractivity contribution is 0.285. The zero-order chi connectivity index (χ0) is 11.7. The molecule has 1 aromatic carbocycles. The van der Waals surface area contributed by atoms with Gasteiger partial charge in [0.05, 0.1) is 11.4 Å². The second-order valence-corrected chi connectivity index (χ2v) is 4.81. The molecule has 3 N–H and O–H groups in total. The third kappa shape index (κ3) is 2.13. The van der Waals surface area contributed by atoms with Gasteiger partial charge in [-0.25, -0.2) is 4.39 Å². The molecule has 2 nitrogen and oxygen atoms in total. The Morgan fingerprint density at radius 1 is 1.44 bits per heavy atom. The van der Waals surface area contributed by atoms with Crippen LogP contribution in [-0.4, -0.2) is 6.04 Å². The van der Waals surface area contributed by atoms with Crippen LogP contribution in [-0.2, 0) is 0 Å². The van der Waals surface area contributed by atoms with Gasteiger partial charge in [-0.15, -0.1) is 0 Å². The molecule has 1 aromatic rings. The van der Waals surface area contributed by atoms with E-state index in [1.54, 1.807) is 13.0 Å². The fourth-order valence-corrected chi connectivity index (χ4v) is 2.12. The van der Waals surface area contributed by atoms with E-state index >= 15 is 0 Å². The van der Waals surface area contributed by atoms with E-state index in [2.05, 4.69) is 12.2 Å². The summed E-state index contributed by atoms with van der Waals surface area (Å²) in [5.74, 6) is 0.504. The van der Waals surface area contributed by atoms with Crippen LogP contribution in [0, 0.1) is 18.7 Å². The fraction of sp³-hybridized carbons (Fsp3) is 0.538. The van der Waals surface area contributed by atoms with Crippen molar-refractivity contribution in [2.24, 2.45) is 5.92 Å². The molecule has 3 heteroatoms. The predicted molar refractivity (Wildman–Crippen MR) is 66.0 cm³/mol. The normalized spacial score (nSPS) is 17.9. The largest absolute Gasteiger partial charge is 0.397 e. The first kappa shape index (κ1) is 11.2. The average molecular weight is 222 g/mol. The van der Waals surface area contributed by atoms with Gasteiger partial charge in [0.2, 0.25) is 0 Å². The number of rotatable bonds is 3. The van der Waals surface area contributed by atoms with Crippen molar-refractivity contribution in [1.82, 2.24) is 0 Å². The first-order valence-corrected chi connectivity index (χ1v) is 5.90. The molecule has 2 rings (SSSR count). The molecule has 1 aliphatic carbocycles. The third-order valence-electron chi connectivity index (χ3n) is 3.57. The Morgan fingerprint density at radius 2 is 2.12 bits per heavy atom. The Kier molecular flexibility index (Phi) is 3.03. The highest BCUT2D eigenvalue weighted by molar-refractivity contribution is 5.67. The van der Waals surface area contributed by atoms with Crippen molar-refractivity contribution in [3.05, 3.63) is 23.5 Å². The lowest BCUT2D eigenvalue weighted by atomic mass is 9.80. The Labute approximate surface area is 96.0 Å². The topological polar surface area (TPSA) is 38.0 Å². The zero-order valence-corrected chi connectivity index (χ0v) is 9.89. The van der Waals surface area contributed by atoms with E-state index in [1.807, 2.05) is 0 Å². The summed E-state index contributed by atoms with van der Waals surface area (Å²) in [7, 11) is 0. The van der Waals surface area contributed by atoms with Crippen LogP contribution in [0.5, 0.6) is 0 Å². The number of benzene rings is 1. The molecule has 0 heterocycles. The average Bonchev–Trinajstić information content (AvgIpc) is 2.11. The van der Waals surface area contributed by atoms with Crippen molar-refractivity contribution in [3.63, 3.8) is 0 Å². The fourth-order valence-electron chi connectivity index (χ4n) is 2.12. The molecule has 88 valence electrons. The summed E-state index contributed by atoms with van der Waals surface area (Å²) < 4.78 is 13.2. The van der Waals surface area contributed by atoms with E-state index in [0.29, 0.717) is 17.3 Å². The first-order valence-electron chi connectivity index (χ1n) is 5.90. The van der Waals surface area contributed by atoms with Crippen molar-refractivity contribution in [3.8, 4) is 0 Å². The van der Waals surface area contributed by atoms with Crippen LogP contribution < -0.4 is 11.1 Å². The summed E-state index contributed by atoms with van der Waals surface area (Å²) in [6.45, 7) is 3.93. The van der Waals surface area contributed by atoms with Crippen molar-refractivity contribution < 1.29 is 4.39 Å². The quantitative estimate of drug-likeness (QED) is 0.770. The van der Waals surface area contributed by atoms with Crippen LogP contribution in [0.3, 0.4) is 0 Å². The van der Waals surface area contributed by atoms with Gasteiger partial charge in [-0.2, -0.15) is 0 Å². The van der Waals surface area contributed by atoms with Crippen LogP contribution in [0.25, 0.3) is 0 Å². The van der Waals surface area contributed by atoms with Gasteiger partial charge in [-0.3, -0.25) is 0 Å². The maximum atomic E-state index is 13.2. The van der Waals surface area contributed by atoms with Crippen molar-refractivity contribution in [1.29, 1.82) is 0 Å². The molecule has 0 aliphatic heterocycles. The van der Waals surface area contributed by atoms with E-state index in [4.69, 9.17) is 5.73 Å². The summed E-state index contributed by atoms with van der Waals surface area (Å²) in [6, 6.07) is 3.60. The number of aryl methyl sites for hydroxylation is 1. The minimum absolute atomic E-state index is 0.237. The van der Waals surface area contributed by atoms with Gasteiger partial charge in [-0.1, -0.05) is 6.42 Å². The summed E-state index contributed by atoms with van der Waals surface area (Å²) in [5.41, 5.74) is 7.79. The highest BCUT2D eigenvalue weighted by Crippen LogP contribution is 2.32. The summed E-state index contributed by atoms with van der Waals surface area (Å²) >= 11 is 0. The number of hydrogen-bond acceptors (Lipinski definition) is 2. The minimum Gasteiger partial charge on any atom is -0.397 e. The Bertz CT molecular complexity index is 386. The maximum Gasteiger partial charge on any atom is 0.128 e. The number of anilines is 2. The number of nitrogens with two attached hydrogens (primary N) is 1. The number of halogens is 1. The molecule has 0 saturated heterocycles. The third-order valence-corrected chi connectivity index (χ3v) is 3.57. The lowest BCUT2D eigenvalue weighted by Gasteiger charge is -2.32. The van der Waals surface area contributed by atoms with Crippen LogP contribution in [0.2, 0.25) is 0 Å². The molecule has 1 unspecified atom stereocenters. The van der Waals surface area contributed by atoms with Crippen molar-refractivity contribution in [2.45, 2.75) is 39.2 Å². The Morgan fingerprint density at radius 3 is 2.69 bits per heavy atom. The second-order valence-electron chi connectivity index (χ2n) is 4.81. The molecular formula is C13H19FN2. The van der Waals surface area contributed by atoms with Gasteiger partial charge < -0.3 is 11.1 Å². The van der Waals surface area contributed by atoms with E-state index in [9.17, 15) is 4.39 Å². The molecule has 1 saturated carbocycles. The van der Waals surface area contributed by atoms with Gasteiger partial charge in [0, 0.05) is 6.04 Å². The molecule has 1 fully saturated rings. The molecular weight excluding hydrogens is 203 g/mol. The molecule has 1 atom stereocenters. The molecule has 0 amide bonds. The number of nitrogen functional groups attached to an aromatic ring is 1. The number of nitrogens with one attached hydrogen (secondary N) is 1. The van der Waals surface area contributed by atoms with Gasteiger partial charge >= 0.3 is 0 Å². The molecule has 1 aliphatic rings. The number of hydrogen-bond donors (Lipinski definition) is 2. The van der Waals surface area contributed by atoms with Crippen LogP contribution in [0.15, 0.2) is 12.1 Å². The predicted octanol–water partition coefficient (Wildman–Crippen LogP) is 3.32. The van der Waals surface area contributed by atoms with Gasteiger partial charge in [0.25, 0.3) is 0 Å². The SMILES string of the molecule is Cc1cc(NC(C)C2CCC2)c(N)cc1F. The Hall–Kier alpha value is -1.25. The second kappa shape index (κ2) is 4.32. The summed E-state index contributed by atoms with van der Waals surface area (Å²) in [5, 5.41) is 3.39. The van der Waals surface area contributed by atoms with E-state index in [0.717, 1.165) is 11.6 Å². The monoisotopic (exact) mass is 222 g/mol. The maximum absolute atomic E-state index is 13.2. The van der Waals surface area contributed by atoms with E-state index in [1.165, 1.54) is 25.3 Å². The van der Waals surface area contributed by atoms with Crippen LogP contribution in [0.1, 0.15) is 31.7 Å². The first-order chi connectivity index (χ1) is 7.58. The van der Waals surface area contributed by atoms with Crippen molar-refractivity contribution in [2.75, 3.05) is 11.1 Å². The van der Waals surface area contributed by atoms with Gasteiger partial charge in [0.1, 0.15) is 5.82 Å². The lowest BCUT2D eigenvalue weighted by Crippen LogP contribution is -2.31. The molecule has 0 radical (unpaired) electrons. The standard InChI is InChI=1S/C13H19FN2/c1-8-6-13(12(15)7-11(8)14)16-9(2)10-4-3-5-10/h6-7,9-10,16H,3-5,15H2,1-2H3. The van der Waals surface area contributed by atoms with Gasteiger partial charge in [0.15, 0.2) is 0 Å². The minimum atomic E-state index is -0.237. The summed E-state index contributed by atoms with van der Waals surface area (Å²) in [6.07, 6.45) is 3.90. The Balaban J connectivity index is 2.11. The van der Waals surface area contributed by atoms with E-state index < -0.39 is 0 Å². The molecule has 16 heavy (non-hydrogen) atoms. The summed E-state index contributed by atoms with van der Waals surface area (Å²) in [4.78, 5) is 0. The highest BCUT2D eigenvalue weighted by atomic mass is 19.1. The zero-order valence-electron chi connectivity index (χ0n) is 9.89.